The highest BCUT2D eigenvalue weighted by molar-refractivity contribution is 9.10. The van der Waals surface area contributed by atoms with Crippen molar-refractivity contribution in [3.63, 3.8) is 0 Å². The molecule has 1 unspecified atom stereocenters. The van der Waals surface area contributed by atoms with E-state index < -0.39 is 6.04 Å². The lowest BCUT2D eigenvalue weighted by Gasteiger charge is -2.09. The predicted molar refractivity (Wildman–Crippen MR) is 64.2 cm³/mol. The van der Waals surface area contributed by atoms with Crippen molar-refractivity contribution < 1.29 is 4.52 Å². The summed E-state index contributed by atoms with van der Waals surface area (Å²) in [7, 11) is 0. The van der Waals surface area contributed by atoms with Gasteiger partial charge in [0.1, 0.15) is 0 Å². The van der Waals surface area contributed by atoms with Crippen molar-refractivity contribution in [2.75, 3.05) is 0 Å². The molecule has 0 aliphatic heterocycles. The quantitative estimate of drug-likeness (QED) is 0.926. The van der Waals surface area contributed by atoms with Crippen LogP contribution in [0.1, 0.15) is 23.3 Å². The Morgan fingerprint density at radius 3 is 2.88 bits per heavy atom. The van der Waals surface area contributed by atoms with E-state index in [0.717, 1.165) is 10.0 Å². The standard InChI is InChI=1S/C10H9BrClN3O/c1-5-14-10(15-16-5)9(13)7-4-6(11)2-3-8(7)12/h2-4,9H,13H2,1H3. The Labute approximate surface area is 106 Å². The molecule has 2 rings (SSSR count). The number of benzene rings is 1. The number of aromatic nitrogens is 2. The Bertz CT molecular complexity index is 515. The number of nitrogens with two attached hydrogens (primary N) is 1. The Morgan fingerprint density at radius 1 is 1.50 bits per heavy atom. The lowest BCUT2D eigenvalue weighted by molar-refractivity contribution is 0.385. The zero-order valence-corrected chi connectivity index (χ0v) is 10.8. The van der Waals surface area contributed by atoms with Crippen molar-refractivity contribution in [3.05, 3.63) is 45.0 Å². The van der Waals surface area contributed by atoms with Crippen LogP contribution < -0.4 is 5.73 Å². The molecule has 2 aromatic rings. The van der Waals surface area contributed by atoms with Gasteiger partial charge in [-0.25, -0.2) is 0 Å². The van der Waals surface area contributed by atoms with Crippen LogP contribution in [0.25, 0.3) is 0 Å². The topological polar surface area (TPSA) is 64.9 Å². The van der Waals surface area contributed by atoms with Gasteiger partial charge in [-0.1, -0.05) is 32.7 Å². The maximum absolute atomic E-state index is 6.06. The highest BCUT2D eigenvalue weighted by Gasteiger charge is 2.17. The smallest absolute Gasteiger partial charge is 0.223 e. The van der Waals surface area contributed by atoms with Gasteiger partial charge in [-0.2, -0.15) is 4.98 Å². The second-order valence-electron chi connectivity index (χ2n) is 3.32. The van der Waals surface area contributed by atoms with Crippen LogP contribution in [-0.2, 0) is 0 Å². The summed E-state index contributed by atoms with van der Waals surface area (Å²) in [5, 5.41) is 4.36. The molecule has 0 saturated carbocycles. The molecule has 0 aliphatic carbocycles. The summed E-state index contributed by atoms with van der Waals surface area (Å²) in [6, 6.07) is 4.98. The molecule has 0 amide bonds. The van der Waals surface area contributed by atoms with Crippen LogP contribution >= 0.6 is 27.5 Å². The summed E-state index contributed by atoms with van der Waals surface area (Å²) < 4.78 is 5.79. The first-order chi connectivity index (χ1) is 7.58. The lowest BCUT2D eigenvalue weighted by atomic mass is 10.1. The molecule has 1 aromatic carbocycles. The van der Waals surface area contributed by atoms with Gasteiger partial charge in [0, 0.05) is 16.4 Å². The normalized spacial score (nSPS) is 12.8. The number of hydrogen-bond acceptors (Lipinski definition) is 4. The summed E-state index contributed by atoms with van der Waals surface area (Å²) in [6.45, 7) is 1.71. The maximum Gasteiger partial charge on any atom is 0.223 e. The van der Waals surface area contributed by atoms with Crippen LogP contribution in [-0.4, -0.2) is 10.1 Å². The van der Waals surface area contributed by atoms with Gasteiger partial charge < -0.3 is 10.3 Å². The fraction of sp³-hybridized carbons (Fsp3) is 0.200. The lowest BCUT2D eigenvalue weighted by Crippen LogP contribution is -2.14. The van der Waals surface area contributed by atoms with Gasteiger partial charge in [0.2, 0.25) is 5.89 Å². The van der Waals surface area contributed by atoms with E-state index >= 15 is 0 Å². The van der Waals surface area contributed by atoms with E-state index in [4.69, 9.17) is 21.9 Å². The first-order valence-corrected chi connectivity index (χ1v) is 5.76. The van der Waals surface area contributed by atoms with Crippen molar-refractivity contribution in [2.24, 2.45) is 5.73 Å². The molecule has 0 spiro atoms. The monoisotopic (exact) mass is 301 g/mol. The summed E-state index contributed by atoms with van der Waals surface area (Å²) in [5.74, 6) is 0.911. The molecule has 0 fully saturated rings. The Balaban J connectivity index is 2.40. The van der Waals surface area contributed by atoms with Crippen LogP contribution in [0.2, 0.25) is 5.02 Å². The van der Waals surface area contributed by atoms with Crippen molar-refractivity contribution in [1.29, 1.82) is 0 Å². The first-order valence-electron chi connectivity index (χ1n) is 4.58. The van der Waals surface area contributed by atoms with Gasteiger partial charge >= 0.3 is 0 Å². The SMILES string of the molecule is Cc1nc(C(N)c2cc(Br)ccc2Cl)no1. The van der Waals surface area contributed by atoms with Crippen LogP contribution in [0.3, 0.4) is 0 Å². The van der Waals surface area contributed by atoms with Gasteiger partial charge in [-0.05, 0) is 23.8 Å². The number of hydrogen-bond donors (Lipinski definition) is 1. The van der Waals surface area contributed by atoms with E-state index in [1.165, 1.54) is 0 Å². The predicted octanol–water partition coefficient (Wildman–Crippen LogP) is 2.84. The zero-order valence-electron chi connectivity index (χ0n) is 8.45. The van der Waals surface area contributed by atoms with Crippen LogP contribution in [0, 0.1) is 6.92 Å². The van der Waals surface area contributed by atoms with Gasteiger partial charge in [0.25, 0.3) is 0 Å². The fourth-order valence-corrected chi connectivity index (χ4v) is 1.95. The number of halogens is 2. The second-order valence-corrected chi connectivity index (χ2v) is 4.64. The molecule has 1 heterocycles. The number of rotatable bonds is 2. The average Bonchev–Trinajstić information content (AvgIpc) is 2.67. The molecule has 1 aromatic heterocycles. The number of nitrogens with zero attached hydrogens (tertiary/aromatic N) is 2. The molecule has 16 heavy (non-hydrogen) atoms. The van der Waals surface area contributed by atoms with Crippen molar-refractivity contribution in [1.82, 2.24) is 10.1 Å². The summed E-state index contributed by atoms with van der Waals surface area (Å²) >= 11 is 9.42. The molecule has 0 bridgehead atoms. The summed E-state index contributed by atoms with van der Waals surface area (Å²) in [5.41, 5.74) is 6.77. The minimum Gasteiger partial charge on any atom is -0.340 e. The second kappa shape index (κ2) is 4.53. The molecule has 84 valence electrons. The zero-order chi connectivity index (χ0) is 11.7. The molecule has 0 saturated heterocycles. The molecular weight excluding hydrogens is 293 g/mol. The van der Waals surface area contributed by atoms with E-state index in [2.05, 4.69) is 26.1 Å². The van der Waals surface area contributed by atoms with Crippen LogP contribution in [0.4, 0.5) is 0 Å². The highest BCUT2D eigenvalue weighted by atomic mass is 79.9. The summed E-state index contributed by atoms with van der Waals surface area (Å²) in [6.07, 6.45) is 0. The third kappa shape index (κ3) is 2.26. The molecule has 0 aliphatic rings. The third-order valence-electron chi connectivity index (χ3n) is 2.11. The molecule has 0 radical (unpaired) electrons. The Morgan fingerprint density at radius 2 is 2.25 bits per heavy atom. The van der Waals surface area contributed by atoms with Crippen molar-refractivity contribution in [3.8, 4) is 0 Å². The molecule has 4 nitrogen and oxygen atoms in total. The summed E-state index contributed by atoms with van der Waals surface area (Å²) in [4.78, 5) is 4.08. The molecule has 6 heteroatoms. The van der Waals surface area contributed by atoms with Crippen LogP contribution in [0.5, 0.6) is 0 Å². The Hall–Kier alpha value is -0.910. The fourth-order valence-electron chi connectivity index (χ4n) is 1.33. The van der Waals surface area contributed by atoms with Crippen molar-refractivity contribution >= 4 is 27.5 Å². The van der Waals surface area contributed by atoms with Crippen molar-refractivity contribution in [2.45, 2.75) is 13.0 Å². The molecular formula is C10H9BrClN3O. The van der Waals surface area contributed by atoms with Gasteiger partial charge in [-0.3, -0.25) is 0 Å². The molecule has 2 N–H and O–H groups in total. The maximum atomic E-state index is 6.06. The Kier molecular flexibility index (Phi) is 3.28. The van der Waals surface area contributed by atoms with E-state index in [1.54, 1.807) is 13.0 Å². The third-order valence-corrected chi connectivity index (χ3v) is 2.95. The molecule has 1 atom stereocenters. The first kappa shape index (κ1) is 11.6. The van der Waals surface area contributed by atoms with E-state index in [-0.39, 0.29) is 0 Å². The van der Waals surface area contributed by atoms with E-state index in [1.807, 2.05) is 12.1 Å². The van der Waals surface area contributed by atoms with Gasteiger partial charge in [-0.15, -0.1) is 0 Å². The van der Waals surface area contributed by atoms with E-state index in [0.29, 0.717) is 16.7 Å². The minimum absolute atomic E-state index is 0.428. The van der Waals surface area contributed by atoms with Gasteiger partial charge in [0.05, 0.1) is 6.04 Å². The highest BCUT2D eigenvalue weighted by Crippen LogP contribution is 2.27. The largest absolute Gasteiger partial charge is 0.340 e. The van der Waals surface area contributed by atoms with Gasteiger partial charge in [0.15, 0.2) is 5.82 Å². The minimum atomic E-state index is -0.484. The van der Waals surface area contributed by atoms with Crippen LogP contribution in [0.15, 0.2) is 27.2 Å². The van der Waals surface area contributed by atoms with E-state index in [9.17, 15) is 0 Å². The number of aryl methyl sites for hydroxylation is 1. The average molecular weight is 303 g/mol.